The number of aryl methyl sites for hydroxylation is 1. The van der Waals surface area contributed by atoms with Crippen molar-refractivity contribution in [2.75, 3.05) is 12.3 Å². The predicted molar refractivity (Wildman–Crippen MR) is 76.9 cm³/mol. The highest BCUT2D eigenvalue weighted by molar-refractivity contribution is 5.99. The van der Waals surface area contributed by atoms with Gasteiger partial charge in [-0.2, -0.15) is 0 Å². The number of benzene rings is 1. The molecule has 0 atom stereocenters. The molecule has 3 N–H and O–H groups in total. The Balaban J connectivity index is 1.62. The number of nitrogen functional groups attached to an aromatic ring is 1. The highest BCUT2D eigenvalue weighted by Crippen LogP contribution is 2.48. The van der Waals surface area contributed by atoms with Gasteiger partial charge in [0.15, 0.2) is 0 Å². The first-order valence-electron chi connectivity index (χ1n) is 7.29. The molecule has 0 spiro atoms. The van der Waals surface area contributed by atoms with Crippen molar-refractivity contribution in [3.8, 4) is 0 Å². The number of hydrogen-bond donors (Lipinski definition) is 2. The normalized spacial score (nSPS) is 18.6. The van der Waals surface area contributed by atoms with Gasteiger partial charge in [0.05, 0.1) is 5.56 Å². The molecule has 3 rings (SSSR count). The van der Waals surface area contributed by atoms with E-state index >= 15 is 0 Å². The molecule has 2 aliphatic carbocycles. The summed E-state index contributed by atoms with van der Waals surface area (Å²) in [6.07, 6.45) is 5.40. The summed E-state index contributed by atoms with van der Waals surface area (Å²) in [7, 11) is 0. The van der Waals surface area contributed by atoms with E-state index in [9.17, 15) is 4.79 Å². The van der Waals surface area contributed by atoms with Crippen LogP contribution in [-0.4, -0.2) is 12.5 Å². The van der Waals surface area contributed by atoms with Crippen molar-refractivity contribution in [2.24, 2.45) is 17.8 Å². The van der Waals surface area contributed by atoms with Crippen molar-refractivity contribution in [1.29, 1.82) is 0 Å². The third-order valence-electron chi connectivity index (χ3n) is 4.41. The molecule has 102 valence electrons. The Morgan fingerprint density at radius 2 is 1.95 bits per heavy atom. The summed E-state index contributed by atoms with van der Waals surface area (Å²) in [5.41, 5.74) is 8.13. The van der Waals surface area contributed by atoms with E-state index in [0.29, 0.717) is 17.2 Å². The predicted octanol–water partition coefficient (Wildman–Crippen LogP) is 2.74. The van der Waals surface area contributed by atoms with Crippen LogP contribution in [0.4, 0.5) is 5.69 Å². The van der Waals surface area contributed by atoms with E-state index in [1.54, 1.807) is 0 Å². The molecule has 1 aromatic carbocycles. The second-order valence-electron chi connectivity index (χ2n) is 6.14. The van der Waals surface area contributed by atoms with Crippen molar-refractivity contribution in [1.82, 2.24) is 5.32 Å². The Kier molecular flexibility index (Phi) is 3.21. The first kappa shape index (κ1) is 12.5. The van der Waals surface area contributed by atoms with Crippen LogP contribution in [0.3, 0.4) is 0 Å². The van der Waals surface area contributed by atoms with Crippen LogP contribution in [0.15, 0.2) is 18.2 Å². The highest BCUT2D eigenvalue weighted by Gasteiger charge is 2.41. The first-order valence-corrected chi connectivity index (χ1v) is 7.29. The summed E-state index contributed by atoms with van der Waals surface area (Å²) in [6, 6.07) is 5.61. The molecule has 2 saturated carbocycles. The minimum atomic E-state index is -0.0208. The third kappa shape index (κ3) is 2.91. The van der Waals surface area contributed by atoms with Gasteiger partial charge >= 0.3 is 0 Å². The lowest BCUT2D eigenvalue weighted by molar-refractivity contribution is 0.0944. The summed E-state index contributed by atoms with van der Waals surface area (Å²) >= 11 is 0. The molecule has 3 heteroatoms. The lowest BCUT2D eigenvalue weighted by Crippen LogP contribution is -2.31. The molecule has 0 heterocycles. The molecule has 0 aromatic heterocycles. The molecule has 2 aliphatic rings. The number of hydrogen-bond acceptors (Lipinski definition) is 2. The number of carbonyl (C=O) groups excluding carboxylic acids is 1. The highest BCUT2D eigenvalue weighted by atomic mass is 16.1. The van der Waals surface area contributed by atoms with Crippen LogP contribution in [0.5, 0.6) is 0 Å². The van der Waals surface area contributed by atoms with Crippen molar-refractivity contribution in [3.05, 3.63) is 29.3 Å². The Labute approximate surface area is 114 Å². The maximum absolute atomic E-state index is 12.2. The van der Waals surface area contributed by atoms with Gasteiger partial charge in [0.2, 0.25) is 0 Å². The van der Waals surface area contributed by atoms with E-state index in [2.05, 4.69) is 5.32 Å². The molecule has 1 aromatic rings. The number of rotatable bonds is 5. The summed E-state index contributed by atoms with van der Waals surface area (Å²) in [5.74, 6) is 2.41. The van der Waals surface area contributed by atoms with Gasteiger partial charge in [-0.3, -0.25) is 4.79 Å². The van der Waals surface area contributed by atoms with Crippen LogP contribution >= 0.6 is 0 Å². The fourth-order valence-electron chi connectivity index (χ4n) is 2.94. The summed E-state index contributed by atoms with van der Waals surface area (Å²) in [4.78, 5) is 12.2. The second-order valence-corrected chi connectivity index (χ2v) is 6.14. The first-order chi connectivity index (χ1) is 9.15. The van der Waals surface area contributed by atoms with Gasteiger partial charge in [-0.15, -0.1) is 0 Å². The van der Waals surface area contributed by atoms with Crippen molar-refractivity contribution < 1.29 is 4.79 Å². The Bertz CT molecular complexity index is 478. The summed E-state index contributed by atoms with van der Waals surface area (Å²) < 4.78 is 0. The van der Waals surface area contributed by atoms with Crippen LogP contribution in [0.25, 0.3) is 0 Å². The fourth-order valence-corrected chi connectivity index (χ4v) is 2.94. The van der Waals surface area contributed by atoms with Gasteiger partial charge in [0, 0.05) is 12.2 Å². The topological polar surface area (TPSA) is 55.1 Å². The Hall–Kier alpha value is -1.51. The molecular formula is C16H22N2O. The Morgan fingerprint density at radius 1 is 1.32 bits per heavy atom. The molecule has 0 aliphatic heterocycles. The lowest BCUT2D eigenvalue weighted by atomic mass is 9.97. The number of nitrogens with two attached hydrogens (primary N) is 1. The van der Waals surface area contributed by atoms with Crippen LogP contribution in [0, 0.1) is 24.7 Å². The third-order valence-corrected chi connectivity index (χ3v) is 4.41. The van der Waals surface area contributed by atoms with E-state index in [4.69, 9.17) is 5.73 Å². The van der Waals surface area contributed by atoms with E-state index in [0.717, 1.165) is 23.9 Å². The van der Waals surface area contributed by atoms with Crippen molar-refractivity contribution >= 4 is 11.6 Å². The van der Waals surface area contributed by atoms with Gasteiger partial charge < -0.3 is 11.1 Å². The minimum absolute atomic E-state index is 0.0208. The second kappa shape index (κ2) is 4.87. The fraction of sp³-hybridized carbons (Fsp3) is 0.562. The lowest BCUT2D eigenvalue weighted by Gasteiger charge is -2.16. The number of carbonyl (C=O) groups is 1. The van der Waals surface area contributed by atoms with Gasteiger partial charge in [-0.25, -0.2) is 0 Å². The SMILES string of the molecule is Cc1ccc(N)c(C(=O)NCC(C2CC2)C2CC2)c1. The average molecular weight is 258 g/mol. The maximum Gasteiger partial charge on any atom is 0.253 e. The smallest absolute Gasteiger partial charge is 0.253 e. The molecular weight excluding hydrogens is 236 g/mol. The van der Waals surface area contributed by atoms with Gasteiger partial charge in [0.25, 0.3) is 5.91 Å². The van der Waals surface area contributed by atoms with Crippen molar-refractivity contribution in [2.45, 2.75) is 32.6 Å². The monoisotopic (exact) mass is 258 g/mol. The summed E-state index contributed by atoms with van der Waals surface area (Å²) in [6.45, 7) is 2.80. The molecule has 19 heavy (non-hydrogen) atoms. The molecule has 1 amide bonds. The van der Waals surface area contributed by atoms with Crippen LogP contribution < -0.4 is 11.1 Å². The van der Waals surface area contributed by atoms with Crippen LogP contribution in [-0.2, 0) is 0 Å². The largest absolute Gasteiger partial charge is 0.398 e. The number of amides is 1. The average Bonchev–Trinajstić information content (AvgIpc) is 3.25. The molecule has 0 unspecified atom stereocenters. The van der Waals surface area contributed by atoms with Gasteiger partial charge in [-0.1, -0.05) is 11.6 Å². The molecule has 2 fully saturated rings. The zero-order chi connectivity index (χ0) is 13.4. The Morgan fingerprint density at radius 3 is 2.53 bits per heavy atom. The standard InChI is InChI=1S/C16H22N2O/c1-10-2-7-15(17)13(8-10)16(19)18-9-14(11-3-4-11)12-5-6-12/h2,7-8,11-12,14H,3-6,9,17H2,1H3,(H,18,19). The van der Waals surface area contributed by atoms with Gasteiger partial charge in [-0.05, 0) is 62.5 Å². The van der Waals surface area contributed by atoms with Crippen molar-refractivity contribution in [3.63, 3.8) is 0 Å². The van der Waals surface area contributed by atoms with Crippen LogP contribution in [0.2, 0.25) is 0 Å². The quantitative estimate of drug-likeness (QED) is 0.798. The molecule has 0 saturated heterocycles. The van der Waals surface area contributed by atoms with Crippen LogP contribution in [0.1, 0.15) is 41.6 Å². The minimum Gasteiger partial charge on any atom is -0.398 e. The molecule has 3 nitrogen and oxygen atoms in total. The summed E-state index contributed by atoms with van der Waals surface area (Å²) in [5, 5.41) is 3.09. The maximum atomic E-state index is 12.2. The van der Waals surface area contributed by atoms with E-state index in [1.165, 1.54) is 25.7 Å². The van der Waals surface area contributed by atoms with Gasteiger partial charge in [0.1, 0.15) is 0 Å². The number of anilines is 1. The zero-order valence-corrected chi connectivity index (χ0v) is 11.5. The molecule has 0 radical (unpaired) electrons. The van der Waals surface area contributed by atoms with E-state index in [1.807, 2.05) is 25.1 Å². The number of nitrogens with one attached hydrogen (secondary N) is 1. The zero-order valence-electron chi connectivity index (χ0n) is 11.5. The molecule has 0 bridgehead atoms. The van der Waals surface area contributed by atoms with E-state index < -0.39 is 0 Å². The van der Waals surface area contributed by atoms with E-state index in [-0.39, 0.29) is 5.91 Å².